The Morgan fingerprint density at radius 1 is 1.04 bits per heavy atom. The number of amides is 1. The molecule has 0 radical (unpaired) electrons. The van der Waals surface area contributed by atoms with Crippen molar-refractivity contribution in [3.63, 3.8) is 0 Å². The number of hydrogen-bond acceptors (Lipinski definition) is 2. The maximum absolute atomic E-state index is 12.4. The van der Waals surface area contributed by atoms with Gasteiger partial charge in [-0.05, 0) is 49.1 Å². The monoisotopic (exact) mass is 353 g/mol. The minimum atomic E-state index is 0.0890. The molecule has 0 aliphatic carbocycles. The molecule has 0 saturated carbocycles. The molecule has 0 spiro atoms. The predicted molar refractivity (Wildman–Crippen MR) is 103 cm³/mol. The fourth-order valence-corrected chi connectivity index (χ4v) is 3.75. The Balaban J connectivity index is 1.65. The number of nitrogens with one attached hydrogen (secondary N) is 2. The predicted octanol–water partition coefficient (Wildman–Crippen LogP) is 2.16. The highest BCUT2D eigenvalue weighted by Crippen LogP contribution is 2.16. The second-order valence-electron chi connectivity index (χ2n) is 7.01. The fraction of sp³-hybridized carbons (Fsp3) is 0.409. The van der Waals surface area contributed by atoms with Crippen LogP contribution in [0.2, 0.25) is 0 Å². The largest absolute Gasteiger partial charge is 0.497 e. The normalized spacial score (nSPS) is 16.0. The molecular formula is C22H29N2O2+. The molecule has 138 valence electrons. The second kappa shape index (κ2) is 9.39. The second-order valence-corrected chi connectivity index (χ2v) is 7.01. The van der Waals surface area contributed by atoms with Gasteiger partial charge < -0.3 is 15.0 Å². The standard InChI is InChI=1S/C22H28N2O2/c1-26-20-12-10-19(11-13-20)21(24-14-6-3-7-15-24)17-23-22(25)16-18-8-4-2-5-9-18/h2,4-5,8-13,21H,3,6-7,14-17H2,1H3,(H,23,25)/p+1/t21-/m0/s1. The van der Waals surface area contributed by atoms with Crippen LogP contribution in [0.5, 0.6) is 5.75 Å². The van der Waals surface area contributed by atoms with Crippen molar-refractivity contribution < 1.29 is 14.4 Å². The summed E-state index contributed by atoms with van der Waals surface area (Å²) >= 11 is 0. The van der Waals surface area contributed by atoms with Gasteiger partial charge in [0.25, 0.3) is 0 Å². The maximum atomic E-state index is 12.4. The molecule has 2 aromatic rings. The Bertz CT molecular complexity index is 679. The first-order chi connectivity index (χ1) is 12.8. The van der Waals surface area contributed by atoms with Crippen LogP contribution in [0.15, 0.2) is 54.6 Å². The summed E-state index contributed by atoms with van der Waals surface area (Å²) in [7, 11) is 1.69. The van der Waals surface area contributed by atoms with Crippen LogP contribution in [-0.4, -0.2) is 32.7 Å². The molecule has 4 nitrogen and oxygen atoms in total. The van der Waals surface area contributed by atoms with Crippen molar-refractivity contribution in [1.29, 1.82) is 0 Å². The van der Waals surface area contributed by atoms with Crippen LogP contribution in [0.3, 0.4) is 0 Å². The van der Waals surface area contributed by atoms with Crippen LogP contribution in [0.1, 0.15) is 36.4 Å². The van der Waals surface area contributed by atoms with Crippen molar-refractivity contribution in [2.75, 3.05) is 26.7 Å². The molecular weight excluding hydrogens is 324 g/mol. The van der Waals surface area contributed by atoms with E-state index >= 15 is 0 Å². The van der Waals surface area contributed by atoms with E-state index in [-0.39, 0.29) is 5.91 Å². The fourth-order valence-electron chi connectivity index (χ4n) is 3.75. The summed E-state index contributed by atoms with van der Waals surface area (Å²) in [6.45, 7) is 3.02. The number of quaternary nitrogens is 1. The number of hydrogen-bond donors (Lipinski definition) is 2. The lowest BCUT2D eigenvalue weighted by Gasteiger charge is -2.32. The zero-order valence-corrected chi connectivity index (χ0v) is 15.5. The van der Waals surface area contributed by atoms with E-state index in [1.807, 2.05) is 42.5 Å². The van der Waals surface area contributed by atoms with E-state index in [4.69, 9.17) is 4.74 Å². The van der Waals surface area contributed by atoms with E-state index in [2.05, 4.69) is 17.4 Å². The van der Waals surface area contributed by atoms with Gasteiger partial charge in [0.2, 0.25) is 5.91 Å². The van der Waals surface area contributed by atoms with E-state index in [0.29, 0.717) is 19.0 Å². The van der Waals surface area contributed by atoms with Crippen LogP contribution in [-0.2, 0) is 11.2 Å². The first-order valence-corrected chi connectivity index (χ1v) is 9.55. The van der Waals surface area contributed by atoms with Crippen molar-refractivity contribution in [2.24, 2.45) is 0 Å². The number of methoxy groups -OCH3 is 1. The molecule has 1 fully saturated rings. The molecule has 1 amide bonds. The van der Waals surface area contributed by atoms with Gasteiger partial charge in [-0.1, -0.05) is 30.3 Å². The maximum Gasteiger partial charge on any atom is 0.224 e. The first kappa shape index (κ1) is 18.5. The summed E-state index contributed by atoms with van der Waals surface area (Å²) in [5.74, 6) is 0.959. The number of likely N-dealkylation sites (tertiary alicyclic amines) is 1. The Morgan fingerprint density at radius 2 is 1.73 bits per heavy atom. The molecule has 4 heteroatoms. The SMILES string of the molecule is COc1ccc([C@H](CNC(=O)Cc2ccccc2)[NH+]2CCCCC2)cc1. The highest BCUT2D eigenvalue weighted by molar-refractivity contribution is 5.78. The molecule has 0 unspecified atom stereocenters. The quantitative estimate of drug-likeness (QED) is 0.801. The van der Waals surface area contributed by atoms with Gasteiger partial charge in [0.05, 0.1) is 33.2 Å². The average molecular weight is 353 g/mol. The molecule has 3 rings (SSSR count). The van der Waals surface area contributed by atoms with Gasteiger partial charge in [-0.3, -0.25) is 4.79 Å². The lowest BCUT2D eigenvalue weighted by Crippen LogP contribution is -3.13. The number of carbonyl (C=O) groups excluding carboxylic acids is 1. The Labute approximate surface area is 156 Å². The van der Waals surface area contributed by atoms with Crippen molar-refractivity contribution in [3.8, 4) is 5.75 Å². The summed E-state index contributed by atoms with van der Waals surface area (Å²) < 4.78 is 5.28. The molecule has 26 heavy (non-hydrogen) atoms. The third-order valence-corrected chi connectivity index (χ3v) is 5.22. The van der Waals surface area contributed by atoms with Gasteiger partial charge in [-0.25, -0.2) is 0 Å². The highest BCUT2D eigenvalue weighted by atomic mass is 16.5. The molecule has 1 atom stereocenters. The van der Waals surface area contributed by atoms with Gasteiger partial charge in [-0.15, -0.1) is 0 Å². The van der Waals surface area contributed by atoms with Gasteiger partial charge in [0.15, 0.2) is 0 Å². The summed E-state index contributed by atoms with van der Waals surface area (Å²) in [6, 6.07) is 18.5. The molecule has 1 heterocycles. The molecule has 1 aliphatic heterocycles. The number of carbonyl (C=O) groups is 1. The topological polar surface area (TPSA) is 42.8 Å². The summed E-state index contributed by atoms with van der Waals surface area (Å²) in [4.78, 5) is 14.0. The smallest absolute Gasteiger partial charge is 0.224 e. The van der Waals surface area contributed by atoms with Crippen LogP contribution >= 0.6 is 0 Å². The molecule has 0 aromatic heterocycles. The molecule has 2 N–H and O–H groups in total. The number of rotatable bonds is 7. The Hall–Kier alpha value is -2.33. The number of piperidine rings is 1. The van der Waals surface area contributed by atoms with E-state index in [1.54, 1.807) is 12.0 Å². The molecule has 1 saturated heterocycles. The summed E-state index contributed by atoms with van der Waals surface area (Å²) in [5.41, 5.74) is 2.32. The minimum Gasteiger partial charge on any atom is -0.497 e. The number of ether oxygens (including phenoxy) is 1. The van der Waals surface area contributed by atoms with Crippen LogP contribution in [0.25, 0.3) is 0 Å². The molecule has 0 bridgehead atoms. The number of benzene rings is 2. The zero-order valence-electron chi connectivity index (χ0n) is 15.5. The lowest BCUT2D eigenvalue weighted by molar-refractivity contribution is -0.935. The van der Waals surface area contributed by atoms with E-state index in [0.717, 1.165) is 11.3 Å². The summed E-state index contributed by atoms with van der Waals surface area (Å²) in [5, 5.41) is 3.16. The van der Waals surface area contributed by atoms with Crippen molar-refractivity contribution in [1.82, 2.24) is 5.32 Å². The third-order valence-electron chi connectivity index (χ3n) is 5.22. The first-order valence-electron chi connectivity index (χ1n) is 9.55. The molecule has 2 aromatic carbocycles. The van der Waals surface area contributed by atoms with E-state index in [9.17, 15) is 4.79 Å². The average Bonchev–Trinajstić information content (AvgIpc) is 2.70. The minimum absolute atomic E-state index is 0.0890. The van der Waals surface area contributed by atoms with Gasteiger partial charge >= 0.3 is 0 Å². The van der Waals surface area contributed by atoms with Crippen LogP contribution in [0.4, 0.5) is 0 Å². The van der Waals surface area contributed by atoms with Gasteiger partial charge in [-0.2, -0.15) is 0 Å². The third kappa shape index (κ3) is 5.09. The molecule has 1 aliphatic rings. The Kier molecular flexibility index (Phi) is 6.67. The van der Waals surface area contributed by atoms with Crippen molar-refractivity contribution in [2.45, 2.75) is 31.7 Å². The highest BCUT2D eigenvalue weighted by Gasteiger charge is 2.26. The van der Waals surface area contributed by atoms with E-state index in [1.165, 1.54) is 37.9 Å². The van der Waals surface area contributed by atoms with Gasteiger partial charge in [0.1, 0.15) is 11.8 Å². The summed E-state index contributed by atoms with van der Waals surface area (Å²) in [6.07, 6.45) is 4.28. The van der Waals surface area contributed by atoms with Crippen molar-refractivity contribution in [3.05, 3.63) is 65.7 Å². The Morgan fingerprint density at radius 3 is 2.38 bits per heavy atom. The van der Waals surface area contributed by atoms with Crippen molar-refractivity contribution >= 4 is 5.91 Å². The zero-order chi connectivity index (χ0) is 18.2. The van der Waals surface area contributed by atoms with Gasteiger partial charge in [0, 0.05) is 5.56 Å². The van der Waals surface area contributed by atoms with Crippen LogP contribution < -0.4 is 15.0 Å². The lowest BCUT2D eigenvalue weighted by atomic mass is 10.0. The van der Waals surface area contributed by atoms with Crippen LogP contribution in [0, 0.1) is 0 Å². The van der Waals surface area contributed by atoms with E-state index < -0.39 is 0 Å².